The molecule has 21 heavy (non-hydrogen) atoms. The van der Waals surface area contributed by atoms with Gasteiger partial charge in [0.15, 0.2) is 5.69 Å². The summed E-state index contributed by atoms with van der Waals surface area (Å²) < 4.78 is 0. The van der Waals surface area contributed by atoms with Crippen molar-refractivity contribution < 1.29 is 19.6 Å². The van der Waals surface area contributed by atoms with Gasteiger partial charge >= 0.3 is 11.7 Å². The molecule has 0 saturated heterocycles. The van der Waals surface area contributed by atoms with E-state index in [1.165, 1.54) is 0 Å². The van der Waals surface area contributed by atoms with E-state index in [1.807, 2.05) is 0 Å². The maximum absolute atomic E-state index is 11.4. The second-order valence-corrected chi connectivity index (χ2v) is 4.62. The number of amides is 1. The molecule has 112 valence electrons. The summed E-state index contributed by atoms with van der Waals surface area (Å²) >= 11 is 0. The van der Waals surface area contributed by atoms with E-state index in [4.69, 9.17) is 5.11 Å². The number of aromatic nitrogens is 1. The van der Waals surface area contributed by atoms with Crippen LogP contribution in [0.25, 0.3) is 0 Å². The van der Waals surface area contributed by atoms with Gasteiger partial charge in [-0.05, 0) is 18.9 Å². The predicted molar refractivity (Wildman–Crippen MR) is 72.1 cm³/mol. The SMILES string of the molecule is O=C(O)c1ccc([N+](=O)[O-])c(NCCNC(=O)C2CC2)n1. The molecule has 9 nitrogen and oxygen atoms in total. The lowest BCUT2D eigenvalue weighted by Gasteiger charge is -2.08. The molecule has 0 atom stereocenters. The highest BCUT2D eigenvalue weighted by Gasteiger charge is 2.29. The first-order valence-electron chi connectivity index (χ1n) is 6.39. The van der Waals surface area contributed by atoms with Crippen LogP contribution in [0.4, 0.5) is 11.5 Å². The number of carbonyl (C=O) groups excluding carboxylic acids is 1. The minimum atomic E-state index is -1.27. The van der Waals surface area contributed by atoms with Gasteiger partial charge in [-0.3, -0.25) is 14.9 Å². The number of carboxylic acid groups (broad SMARTS) is 1. The number of rotatable bonds is 7. The topological polar surface area (TPSA) is 134 Å². The molecule has 1 amide bonds. The number of anilines is 1. The Bertz CT molecular complexity index is 585. The molecular weight excluding hydrogens is 280 g/mol. The standard InChI is InChI=1S/C12H14N4O5/c17-11(7-1-2-7)14-6-5-13-10-9(16(20)21)4-3-8(15-10)12(18)19/h3-4,7H,1-2,5-6H2,(H,13,15)(H,14,17)(H,18,19). The molecule has 0 unspecified atom stereocenters. The van der Waals surface area contributed by atoms with Gasteiger partial charge in [0.25, 0.3) is 0 Å². The van der Waals surface area contributed by atoms with Crippen LogP contribution in [-0.4, -0.2) is 40.0 Å². The third-order valence-electron chi connectivity index (χ3n) is 2.95. The van der Waals surface area contributed by atoms with Gasteiger partial charge in [0, 0.05) is 25.1 Å². The summed E-state index contributed by atoms with van der Waals surface area (Å²) in [5.74, 6) is -1.33. The second-order valence-electron chi connectivity index (χ2n) is 4.62. The molecule has 9 heteroatoms. The number of nitrogens with zero attached hydrogens (tertiary/aromatic N) is 2. The third kappa shape index (κ3) is 3.88. The van der Waals surface area contributed by atoms with Gasteiger partial charge in [-0.15, -0.1) is 0 Å². The Morgan fingerprint density at radius 1 is 1.38 bits per heavy atom. The van der Waals surface area contributed by atoms with E-state index >= 15 is 0 Å². The van der Waals surface area contributed by atoms with Gasteiger partial charge < -0.3 is 15.7 Å². The van der Waals surface area contributed by atoms with Crippen molar-refractivity contribution in [2.45, 2.75) is 12.8 Å². The quantitative estimate of drug-likeness (QED) is 0.381. The predicted octanol–water partition coefficient (Wildman–Crippen LogP) is 0.626. The number of hydrogen-bond acceptors (Lipinski definition) is 6. The van der Waals surface area contributed by atoms with E-state index < -0.39 is 10.9 Å². The van der Waals surface area contributed by atoms with E-state index in [1.54, 1.807) is 0 Å². The molecule has 0 spiro atoms. The Morgan fingerprint density at radius 3 is 2.67 bits per heavy atom. The molecule has 0 radical (unpaired) electrons. The van der Waals surface area contributed by atoms with Crippen LogP contribution in [0.1, 0.15) is 23.3 Å². The summed E-state index contributed by atoms with van der Waals surface area (Å²) in [5.41, 5.74) is -0.598. The maximum atomic E-state index is 11.4. The summed E-state index contributed by atoms with van der Waals surface area (Å²) in [7, 11) is 0. The summed E-state index contributed by atoms with van der Waals surface area (Å²) in [4.78, 5) is 36.1. The van der Waals surface area contributed by atoms with Crippen molar-refractivity contribution in [2.24, 2.45) is 5.92 Å². The minimum absolute atomic E-state index is 0.0291. The average molecular weight is 294 g/mol. The lowest BCUT2D eigenvalue weighted by atomic mass is 10.3. The van der Waals surface area contributed by atoms with E-state index in [0.29, 0.717) is 0 Å². The molecule has 1 saturated carbocycles. The molecule has 0 aromatic carbocycles. The number of carboxylic acids is 1. The summed E-state index contributed by atoms with van der Waals surface area (Å²) in [6.45, 7) is 0.501. The normalized spacial score (nSPS) is 13.5. The first-order valence-corrected chi connectivity index (χ1v) is 6.39. The molecule has 1 aliphatic rings. The Hall–Kier alpha value is -2.71. The van der Waals surface area contributed by atoms with Crippen molar-refractivity contribution in [1.82, 2.24) is 10.3 Å². The van der Waals surface area contributed by atoms with Crippen molar-refractivity contribution in [1.29, 1.82) is 0 Å². The van der Waals surface area contributed by atoms with Crippen LogP contribution >= 0.6 is 0 Å². The minimum Gasteiger partial charge on any atom is -0.477 e. The van der Waals surface area contributed by atoms with Crippen LogP contribution < -0.4 is 10.6 Å². The first-order chi connectivity index (χ1) is 9.99. The number of hydrogen-bond donors (Lipinski definition) is 3. The van der Waals surface area contributed by atoms with Crippen LogP contribution in [0.15, 0.2) is 12.1 Å². The molecule has 3 N–H and O–H groups in total. The molecule has 1 aliphatic carbocycles. The van der Waals surface area contributed by atoms with E-state index in [0.717, 1.165) is 25.0 Å². The third-order valence-corrected chi connectivity index (χ3v) is 2.95. The van der Waals surface area contributed by atoms with Crippen molar-refractivity contribution in [3.8, 4) is 0 Å². The first kappa shape index (κ1) is 14.7. The zero-order chi connectivity index (χ0) is 15.4. The summed E-state index contributed by atoms with van der Waals surface area (Å²) in [5, 5.41) is 25.0. The fourth-order valence-corrected chi connectivity index (χ4v) is 1.70. The van der Waals surface area contributed by atoms with Crippen molar-refractivity contribution >= 4 is 23.4 Å². The smallest absolute Gasteiger partial charge is 0.354 e. The van der Waals surface area contributed by atoms with Crippen LogP contribution in [0.3, 0.4) is 0 Å². The fraction of sp³-hybridized carbons (Fsp3) is 0.417. The number of carbonyl (C=O) groups is 2. The highest BCUT2D eigenvalue weighted by atomic mass is 16.6. The summed E-state index contributed by atoms with van der Waals surface area (Å²) in [6, 6.07) is 2.15. The van der Waals surface area contributed by atoms with Crippen molar-refractivity contribution in [3.05, 3.63) is 27.9 Å². The molecule has 1 aromatic heterocycles. The van der Waals surface area contributed by atoms with E-state index in [2.05, 4.69) is 15.6 Å². The van der Waals surface area contributed by atoms with E-state index in [-0.39, 0.29) is 42.1 Å². The number of pyridine rings is 1. The van der Waals surface area contributed by atoms with Crippen molar-refractivity contribution in [3.63, 3.8) is 0 Å². The zero-order valence-electron chi connectivity index (χ0n) is 11.0. The highest BCUT2D eigenvalue weighted by Crippen LogP contribution is 2.28. The van der Waals surface area contributed by atoms with Crippen LogP contribution in [0, 0.1) is 16.0 Å². The van der Waals surface area contributed by atoms with Gasteiger partial charge in [0.2, 0.25) is 11.7 Å². The van der Waals surface area contributed by atoms with Gasteiger partial charge in [-0.1, -0.05) is 0 Å². The average Bonchev–Trinajstić information content (AvgIpc) is 3.27. The molecule has 1 heterocycles. The van der Waals surface area contributed by atoms with Crippen LogP contribution in [0.2, 0.25) is 0 Å². The maximum Gasteiger partial charge on any atom is 0.354 e. The number of aromatic carboxylic acids is 1. The van der Waals surface area contributed by atoms with Crippen LogP contribution in [-0.2, 0) is 4.79 Å². The lowest BCUT2D eigenvalue weighted by molar-refractivity contribution is -0.384. The lowest BCUT2D eigenvalue weighted by Crippen LogP contribution is -2.30. The number of nitrogens with one attached hydrogen (secondary N) is 2. The molecule has 0 aliphatic heterocycles. The second kappa shape index (κ2) is 6.16. The van der Waals surface area contributed by atoms with Gasteiger partial charge in [-0.25, -0.2) is 9.78 Å². The largest absolute Gasteiger partial charge is 0.477 e. The zero-order valence-corrected chi connectivity index (χ0v) is 11.0. The fourth-order valence-electron chi connectivity index (χ4n) is 1.70. The summed E-state index contributed by atoms with van der Waals surface area (Å²) in [6.07, 6.45) is 1.79. The van der Waals surface area contributed by atoms with Gasteiger partial charge in [-0.2, -0.15) is 0 Å². The van der Waals surface area contributed by atoms with Crippen LogP contribution in [0.5, 0.6) is 0 Å². The van der Waals surface area contributed by atoms with Gasteiger partial charge in [0.05, 0.1) is 4.92 Å². The Kier molecular flexibility index (Phi) is 4.31. The Morgan fingerprint density at radius 2 is 2.10 bits per heavy atom. The van der Waals surface area contributed by atoms with Gasteiger partial charge in [0.1, 0.15) is 0 Å². The molecular formula is C12H14N4O5. The molecule has 1 aromatic rings. The Labute approximate surface area is 119 Å². The van der Waals surface area contributed by atoms with E-state index in [9.17, 15) is 19.7 Å². The molecule has 1 fully saturated rings. The Balaban J connectivity index is 1.96. The highest BCUT2D eigenvalue weighted by molar-refractivity contribution is 5.86. The molecule has 0 bridgehead atoms. The monoisotopic (exact) mass is 294 g/mol. The molecule has 2 rings (SSSR count). The number of nitro groups is 1. The van der Waals surface area contributed by atoms with Crippen molar-refractivity contribution in [2.75, 3.05) is 18.4 Å².